The van der Waals surface area contributed by atoms with Crippen LogP contribution in [0.5, 0.6) is 0 Å². The highest BCUT2D eigenvalue weighted by Gasteiger charge is 2.11. The van der Waals surface area contributed by atoms with Crippen LogP contribution in [-0.4, -0.2) is 23.8 Å². The molecule has 3 nitrogen and oxygen atoms in total. The molecule has 1 N–H and O–H groups in total. The summed E-state index contributed by atoms with van der Waals surface area (Å²) in [6, 6.07) is 0. The molecule has 0 saturated heterocycles. The molecule has 0 aliphatic carbocycles. The van der Waals surface area contributed by atoms with Crippen molar-refractivity contribution in [2.24, 2.45) is 0 Å². The van der Waals surface area contributed by atoms with Crippen molar-refractivity contribution in [1.29, 1.82) is 0 Å². The highest BCUT2D eigenvalue weighted by molar-refractivity contribution is 5.66. The zero-order valence-electron chi connectivity index (χ0n) is 9.75. The molecular formula is C12H20O3. The van der Waals surface area contributed by atoms with Crippen LogP contribution in [0.4, 0.5) is 0 Å². The van der Waals surface area contributed by atoms with Gasteiger partial charge in [0.1, 0.15) is 0 Å². The summed E-state index contributed by atoms with van der Waals surface area (Å²) in [6.45, 7) is 5.06. The van der Waals surface area contributed by atoms with Gasteiger partial charge in [-0.2, -0.15) is 0 Å². The molecule has 0 aromatic carbocycles. The van der Waals surface area contributed by atoms with E-state index in [9.17, 15) is 4.79 Å². The number of carbonyl (C=O) groups excluding carboxylic acids is 1. The number of rotatable bonds is 6. The third kappa shape index (κ3) is 6.95. The number of aliphatic hydroxyl groups is 1. The van der Waals surface area contributed by atoms with Gasteiger partial charge in [-0.1, -0.05) is 13.3 Å². The molecule has 0 aliphatic rings. The van der Waals surface area contributed by atoms with Crippen molar-refractivity contribution in [2.75, 3.05) is 6.61 Å². The first-order valence-electron chi connectivity index (χ1n) is 5.31. The molecule has 0 spiro atoms. The summed E-state index contributed by atoms with van der Waals surface area (Å²) in [5.41, 5.74) is 3.78. The van der Waals surface area contributed by atoms with E-state index < -0.39 is 6.10 Å². The molecule has 0 amide bonds. The van der Waals surface area contributed by atoms with Crippen LogP contribution in [-0.2, 0) is 9.53 Å². The van der Waals surface area contributed by atoms with Gasteiger partial charge in [0.25, 0.3) is 0 Å². The van der Waals surface area contributed by atoms with Crippen LogP contribution in [0.15, 0.2) is 17.4 Å². The lowest BCUT2D eigenvalue weighted by Crippen LogP contribution is -2.21. The molecule has 15 heavy (non-hydrogen) atoms. The van der Waals surface area contributed by atoms with Crippen LogP contribution in [0.2, 0.25) is 0 Å². The van der Waals surface area contributed by atoms with Crippen LogP contribution in [0, 0.1) is 0 Å². The van der Waals surface area contributed by atoms with E-state index in [1.165, 1.54) is 6.92 Å². The summed E-state index contributed by atoms with van der Waals surface area (Å²) in [7, 11) is 0. The van der Waals surface area contributed by atoms with E-state index >= 15 is 0 Å². The summed E-state index contributed by atoms with van der Waals surface area (Å²) in [5, 5.41) is 9.00. The van der Waals surface area contributed by atoms with Crippen molar-refractivity contribution in [1.82, 2.24) is 0 Å². The van der Waals surface area contributed by atoms with Gasteiger partial charge in [-0.15, -0.1) is 5.73 Å². The summed E-state index contributed by atoms with van der Waals surface area (Å²) in [5.74, 6) is -0.385. The van der Waals surface area contributed by atoms with E-state index in [1.807, 2.05) is 6.08 Å². The van der Waals surface area contributed by atoms with Gasteiger partial charge in [0.15, 0.2) is 6.10 Å². The molecule has 0 aromatic rings. The highest BCUT2D eigenvalue weighted by Crippen LogP contribution is 2.05. The van der Waals surface area contributed by atoms with Crippen molar-refractivity contribution in [3.05, 3.63) is 17.4 Å². The first-order valence-corrected chi connectivity index (χ1v) is 5.31. The van der Waals surface area contributed by atoms with Gasteiger partial charge < -0.3 is 9.84 Å². The van der Waals surface area contributed by atoms with Crippen molar-refractivity contribution in [3.63, 3.8) is 0 Å². The number of ether oxygens (including phenoxy) is 1. The predicted molar refractivity (Wildman–Crippen MR) is 59.4 cm³/mol. The molecule has 0 rings (SSSR count). The molecule has 0 aromatic heterocycles. The minimum absolute atomic E-state index is 0.194. The lowest BCUT2D eigenvalue weighted by atomic mass is 10.1. The number of carbonyl (C=O) groups is 1. The number of esters is 1. The van der Waals surface area contributed by atoms with Crippen LogP contribution in [0.25, 0.3) is 0 Å². The van der Waals surface area contributed by atoms with Crippen LogP contribution >= 0.6 is 0 Å². The van der Waals surface area contributed by atoms with Crippen LogP contribution < -0.4 is 0 Å². The molecule has 1 atom stereocenters. The van der Waals surface area contributed by atoms with Crippen molar-refractivity contribution in [2.45, 2.75) is 46.1 Å². The zero-order chi connectivity index (χ0) is 11.7. The van der Waals surface area contributed by atoms with E-state index in [2.05, 4.69) is 12.7 Å². The summed E-state index contributed by atoms with van der Waals surface area (Å²) >= 11 is 0. The summed E-state index contributed by atoms with van der Waals surface area (Å²) < 4.78 is 4.91. The number of unbranched alkanes of at least 4 members (excludes halogenated alkanes) is 2. The topological polar surface area (TPSA) is 46.5 Å². The average molecular weight is 212 g/mol. The van der Waals surface area contributed by atoms with Crippen molar-refractivity contribution >= 4 is 5.97 Å². The maximum absolute atomic E-state index is 10.7. The van der Waals surface area contributed by atoms with Gasteiger partial charge in [-0.05, 0) is 25.8 Å². The summed E-state index contributed by atoms with van der Waals surface area (Å²) in [4.78, 5) is 10.7. The molecular weight excluding hydrogens is 192 g/mol. The molecule has 3 heteroatoms. The van der Waals surface area contributed by atoms with Gasteiger partial charge in [-0.25, -0.2) is 0 Å². The molecule has 0 radical (unpaired) electrons. The number of hydrogen-bond acceptors (Lipinski definition) is 3. The second-order valence-corrected chi connectivity index (χ2v) is 3.45. The maximum atomic E-state index is 10.7. The second kappa shape index (κ2) is 8.27. The minimum atomic E-state index is -0.555. The monoisotopic (exact) mass is 212 g/mol. The Kier molecular flexibility index (Phi) is 7.69. The zero-order valence-corrected chi connectivity index (χ0v) is 9.75. The molecule has 0 heterocycles. The Hall–Kier alpha value is -1.05. The van der Waals surface area contributed by atoms with Gasteiger partial charge in [0.05, 0.1) is 6.61 Å². The molecule has 0 fully saturated rings. The average Bonchev–Trinajstić information content (AvgIpc) is 2.20. The van der Waals surface area contributed by atoms with Crippen molar-refractivity contribution in [3.8, 4) is 0 Å². The maximum Gasteiger partial charge on any atom is 0.303 e. The van der Waals surface area contributed by atoms with E-state index in [4.69, 9.17) is 9.84 Å². The van der Waals surface area contributed by atoms with E-state index in [1.54, 1.807) is 6.92 Å². The third-order valence-corrected chi connectivity index (χ3v) is 1.99. The fourth-order valence-electron chi connectivity index (χ4n) is 1.10. The largest absolute Gasteiger partial charge is 0.455 e. The Labute approximate surface area is 91.4 Å². The second-order valence-electron chi connectivity index (χ2n) is 3.45. The molecule has 0 saturated carbocycles. The Morgan fingerprint density at radius 2 is 2.20 bits per heavy atom. The lowest BCUT2D eigenvalue weighted by molar-refractivity contribution is -0.146. The fraction of sp³-hybridized carbons (Fsp3) is 0.667. The normalized spacial score (nSPS) is 11.5. The molecule has 0 bridgehead atoms. The third-order valence-electron chi connectivity index (χ3n) is 1.99. The fourth-order valence-corrected chi connectivity index (χ4v) is 1.10. The van der Waals surface area contributed by atoms with Gasteiger partial charge in [0.2, 0.25) is 0 Å². The Balaban J connectivity index is 4.28. The Morgan fingerprint density at radius 1 is 1.53 bits per heavy atom. The first kappa shape index (κ1) is 13.9. The molecule has 0 aliphatic heterocycles. The Morgan fingerprint density at radius 3 is 2.67 bits per heavy atom. The van der Waals surface area contributed by atoms with Gasteiger partial charge in [-0.3, -0.25) is 4.79 Å². The van der Waals surface area contributed by atoms with E-state index in [0.717, 1.165) is 24.8 Å². The van der Waals surface area contributed by atoms with Crippen LogP contribution in [0.1, 0.15) is 40.0 Å². The van der Waals surface area contributed by atoms with E-state index in [-0.39, 0.29) is 12.6 Å². The first-order chi connectivity index (χ1) is 7.11. The molecule has 86 valence electrons. The standard InChI is InChI=1S/C12H20O3/c1-4-5-6-7-8-10(2)12(9-13)15-11(3)14/h7,12-13H,4-6,9H2,1-3H3/t8?,12-/m0/s1. The Bertz CT molecular complexity index is 250. The number of hydrogen-bond donors (Lipinski definition) is 1. The highest BCUT2D eigenvalue weighted by atomic mass is 16.5. The predicted octanol–water partition coefficient (Wildman–Crippen LogP) is 2.20. The van der Waals surface area contributed by atoms with Crippen molar-refractivity contribution < 1.29 is 14.6 Å². The minimum Gasteiger partial charge on any atom is -0.455 e. The lowest BCUT2D eigenvalue weighted by Gasteiger charge is -2.12. The van der Waals surface area contributed by atoms with Crippen LogP contribution in [0.3, 0.4) is 0 Å². The quantitative estimate of drug-likeness (QED) is 0.417. The van der Waals surface area contributed by atoms with E-state index in [0.29, 0.717) is 0 Å². The number of aliphatic hydroxyl groups excluding tert-OH is 1. The van der Waals surface area contributed by atoms with Gasteiger partial charge in [0, 0.05) is 12.5 Å². The molecule has 0 unspecified atom stereocenters. The SMILES string of the molecule is CCCCC=C=C(C)[C@H](CO)OC(C)=O. The summed E-state index contributed by atoms with van der Waals surface area (Å²) in [6.07, 6.45) is 4.60. The van der Waals surface area contributed by atoms with Gasteiger partial charge >= 0.3 is 5.97 Å². The smallest absolute Gasteiger partial charge is 0.303 e.